The van der Waals surface area contributed by atoms with Crippen LogP contribution in [-0.2, 0) is 14.8 Å². The molecule has 0 atom stereocenters. The molecule has 1 saturated carbocycles. The predicted molar refractivity (Wildman–Crippen MR) is 79.2 cm³/mol. The third kappa shape index (κ3) is 3.85. The van der Waals surface area contributed by atoms with Crippen molar-refractivity contribution in [1.29, 1.82) is 0 Å². The van der Waals surface area contributed by atoms with Crippen molar-refractivity contribution in [2.75, 3.05) is 0 Å². The van der Waals surface area contributed by atoms with Gasteiger partial charge in [0.05, 0.1) is 4.90 Å². The Morgan fingerprint density at radius 2 is 1.67 bits per heavy atom. The summed E-state index contributed by atoms with van der Waals surface area (Å²) in [5, 5.41) is 9.30. The number of aryl methyl sites for hydroxylation is 1. The second-order valence-corrected chi connectivity index (χ2v) is 6.95. The molecule has 0 aromatic heterocycles. The molecular weight excluding hydrogens is 290 g/mol. The van der Waals surface area contributed by atoms with E-state index in [0.29, 0.717) is 18.4 Å². The van der Waals surface area contributed by atoms with Crippen LogP contribution in [0.25, 0.3) is 0 Å². The Labute approximate surface area is 124 Å². The molecule has 2 rings (SSSR count). The Morgan fingerprint density at radius 3 is 2.19 bits per heavy atom. The zero-order chi connectivity index (χ0) is 15.5. The molecule has 1 aromatic rings. The minimum absolute atomic E-state index is 0.0725. The number of hydrogen-bond donors (Lipinski definition) is 2. The highest BCUT2D eigenvalue weighted by Gasteiger charge is 2.23. The number of carboxylic acids is 1. The number of carboxylic acid groups (broad SMARTS) is 1. The van der Waals surface area contributed by atoms with Gasteiger partial charge in [-0.3, -0.25) is 4.72 Å². The Morgan fingerprint density at radius 1 is 1.10 bits per heavy atom. The highest BCUT2D eigenvalue weighted by atomic mass is 32.2. The van der Waals surface area contributed by atoms with Gasteiger partial charge in [0.15, 0.2) is 0 Å². The number of aliphatic carboxylic acids is 1. The fraction of sp³-hybridized carbons (Fsp3) is 0.400. The van der Waals surface area contributed by atoms with Crippen LogP contribution in [0, 0.1) is 6.92 Å². The SMILES string of the molecule is Cc1ccc(S(=O)(=O)NC(C(=O)O)=C2CCCCC2)cc1. The van der Waals surface area contributed by atoms with Crippen LogP contribution in [0.4, 0.5) is 0 Å². The topological polar surface area (TPSA) is 83.5 Å². The number of nitrogens with one attached hydrogen (secondary N) is 1. The maximum Gasteiger partial charge on any atom is 0.352 e. The average molecular weight is 309 g/mol. The van der Waals surface area contributed by atoms with E-state index in [0.717, 1.165) is 24.8 Å². The van der Waals surface area contributed by atoms with Gasteiger partial charge in [-0.2, -0.15) is 0 Å². The normalized spacial score (nSPS) is 15.6. The summed E-state index contributed by atoms with van der Waals surface area (Å²) in [6.45, 7) is 1.86. The lowest BCUT2D eigenvalue weighted by Gasteiger charge is -2.18. The molecule has 0 heterocycles. The Kier molecular flexibility index (Phi) is 4.67. The first kappa shape index (κ1) is 15.6. The third-order valence-electron chi connectivity index (χ3n) is 3.59. The minimum Gasteiger partial charge on any atom is -0.477 e. The van der Waals surface area contributed by atoms with Crippen molar-refractivity contribution in [2.45, 2.75) is 43.9 Å². The van der Waals surface area contributed by atoms with Crippen LogP contribution in [0.5, 0.6) is 0 Å². The highest BCUT2D eigenvalue weighted by Crippen LogP contribution is 2.26. The van der Waals surface area contributed by atoms with Gasteiger partial charge in [0.25, 0.3) is 10.0 Å². The second-order valence-electron chi connectivity index (χ2n) is 5.26. The Hall–Kier alpha value is -1.82. The summed E-state index contributed by atoms with van der Waals surface area (Å²) >= 11 is 0. The summed E-state index contributed by atoms with van der Waals surface area (Å²) in [4.78, 5) is 11.4. The summed E-state index contributed by atoms with van der Waals surface area (Å²) in [5.41, 5.74) is 1.44. The fourth-order valence-corrected chi connectivity index (χ4v) is 3.52. The quantitative estimate of drug-likeness (QED) is 0.837. The molecule has 0 saturated heterocycles. The summed E-state index contributed by atoms with van der Waals surface area (Å²) in [6, 6.07) is 6.32. The van der Waals surface area contributed by atoms with Gasteiger partial charge in [-0.1, -0.05) is 24.1 Å². The zero-order valence-corrected chi connectivity index (χ0v) is 12.7. The van der Waals surface area contributed by atoms with E-state index in [9.17, 15) is 18.3 Å². The first-order valence-corrected chi connectivity index (χ1v) is 8.43. The van der Waals surface area contributed by atoms with Gasteiger partial charge in [0, 0.05) is 0 Å². The first-order valence-electron chi connectivity index (χ1n) is 6.95. The third-order valence-corrected chi connectivity index (χ3v) is 4.96. The van der Waals surface area contributed by atoms with Crippen LogP contribution in [-0.4, -0.2) is 19.5 Å². The van der Waals surface area contributed by atoms with Crippen molar-refractivity contribution in [3.05, 3.63) is 41.1 Å². The summed E-state index contributed by atoms with van der Waals surface area (Å²) in [7, 11) is -3.86. The van der Waals surface area contributed by atoms with E-state index in [1.54, 1.807) is 12.1 Å². The molecule has 1 aliphatic carbocycles. The maximum absolute atomic E-state index is 12.3. The van der Waals surface area contributed by atoms with Gasteiger partial charge in [0.1, 0.15) is 5.70 Å². The molecular formula is C15H19NO4S. The lowest BCUT2D eigenvalue weighted by Crippen LogP contribution is -2.29. The molecule has 1 fully saturated rings. The first-order chi connectivity index (χ1) is 9.90. The molecule has 21 heavy (non-hydrogen) atoms. The van der Waals surface area contributed by atoms with Gasteiger partial charge < -0.3 is 5.11 Å². The van der Waals surface area contributed by atoms with E-state index in [1.165, 1.54) is 12.1 Å². The van der Waals surface area contributed by atoms with Crippen LogP contribution in [0.2, 0.25) is 0 Å². The van der Waals surface area contributed by atoms with Gasteiger partial charge in [-0.15, -0.1) is 0 Å². The summed E-state index contributed by atoms with van der Waals surface area (Å²) < 4.78 is 26.8. The van der Waals surface area contributed by atoms with E-state index in [1.807, 2.05) is 6.92 Å². The largest absolute Gasteiger partial charge is 0.477 e. The van der Waals surface area contributed by atoms with Gasteiger partial charge in [-0.05, 0) is 50.3 Å². The Bertz CT molecular complexity index is 651. The van der Waals surface area contributed by atoms with Crippen LogP contribution in [0.3, 0.4) is 0 Å². The Balaban J connectivity index is 2.32. The van der Waals surface area contributed by atoms with Crippen LogP contribution < -0.4 is 4.72 Å². The molecule has 0 amide bonds. The molecule has 0 aliphatic heterocycles. The average Bonchev–Trinajstić information content (AvgIpc) is 2.46. The smallest absolute Gasteiger partial charge is 0.352 e. The van der Waals surface area contributed by atoms with Crippen LogP contribution in [0.15, 0.2) is 40.4 Å². The fourth-order valence-electron chi connectivity index (χ4n) is 2.41. The van der Waals surface area contributed by atoms with E-state index in [-0.39, 0.29) is 10.6 Å². The summed E-state index contributed by atoms with van der Waals surface area (Å²) in [5.74, 6) is -1.22. The molecule has 2 N–H and O–H groups in total. The van der Waals surface area contributed by atoms with E-state index in [2.05, 4.69) is 4.72 Å². The van der Waals surface area contributed by atoms with Crippen molar-refractivity contribution >= 4 is 16.0 Å². The van der Waals surface area contributed by atoms with Crippen molar-refractivity contribution in [1.82, 2.24) is 4.72 Å². The molecule has 0 radical (unpaired) electrons. The summed E-state index contributed by atoms with van der Waals surface area (Å²) in [6.07, 6.45) is 4.13. The second kappa shape index (κ2) is 6.30. The number of allylic oxidation sites excluding steroid dienone is 1. The van der Waals surface area contributed by atoms with Crippen LogP contribution >= 0.6 is 0 Å². The predicted octanol–water partition coefficient (Wildman–Crippen LogP) is 2.58. The lowest BCUT2D eigenvalue weighted by molar-refractivity contribution is -0.133. The van der Waals surface area contributed by atoms with E-state index in [4.69, 9.17) is 0 Å². The minimum atomic E-state index is -3.86. The number of sulfonamides is 1. The number of carbonyl (C=O) groups is 1. The monoisotopic (exact) mass is 309 g/mol. The molecule has 114 valence electrons. The standard InChI is InChI=1S/C15H19NO4S/c1-11-7-9-13(10-8-11)21(19,20)16-14(15(17)18)12-5-3-2-4-6-12/h7-10,16H,2-6H2,1H3,(H,17,18). The molecule has 1 aromatic carbocycles. The van der Waals surface area contributed by atoms with Gasteiger partial charge >= 0.3 is 5.97 Å². The number of rotatable bonds is 4. The molecule has 5 nitrogen and oxygen atoms in total. The molecule has 0 bridgehead atoms. The van der Waals surface area contributed by atoms with Gasteiger partial charge in [0.2, 0.25) is 0 Å². The van der Waals surface area contributed by atoms with Crippen molar-refractivity contribution in [3.8, 4) is 0 Å². The maximum atomic E-state index is 12.3. The molecule has 6 heteroatoms. The number of hydrogen-bond acceptors (Lipinski definition) is 3. The van der Waals surface area contributed by atoms with Gasteiger partial charge in [-0.25, -0.2) is 13.2 Å². The van der Waals surface area contributed by atoms with Crippen LogP contribution in [0.1, 0.15) is 37.7 Å². The van der Waals surface area contributed by atoms with Crippen molar-refractivity contribution < 1.29 is 18.3 Å². The highest BCUT2D eigenvalue weighted by molar-refractivity contribution is 7.89. The lowest BCUT2D eigenvalue weighted by atomic mass is 9.93. The van der Waals surface area contributed by atoms with E-state index < -0.39 is 16.0 Å². The van der Waals surface area contributed by atoms with E-state index >= 15 is 0 Å². The molecule has 1 aliphatic rings. The van der Waals surface area contributed by atoms with Crippen molar-refractivity contribution in [2.24, 2.45) is 0 Å². The van der Waals surface area contributed by atoms with Crippen molar-refractivity contribution in [3.63, 3.8) is 0 Å². The zero-order valence-electron chi connectivity index (χ0n) is 11.9. The number of benzene rings is 1. The molecule has 0 spiro atoms. The molecule has 0 unspecified atom stereocenters.